The molecule has 5 heteroatoms. The molecule has 0 spiro atoms. The number of benzene rings is 1. The Bertz CT molecular complexity index is 510. The van der Waals surface area contributed by atoms with Gasteiger partial charge in [0, 0.05) is 11.6 Å². The number of phenols is 1. The average molecular weight is 189 g/mol. The number of rotatable bonds is 1. The van der Waals surface area contributed by atoms with Crippen LogP contribution in [-0.2, 0) is 0 Å². The van der Waals surface area contributed by atoms with E-state index >= 15 is 0 Å². The minimum Gasteiger partial charge on any atom is -0.508 e. The van der Waals surface area contributed by atoms with Crippen molar-refractivity contribution in [3.8, 4) is 5.75 Å². The van der Waals surface area contributed by atoms with Crippen LogP contribution in [0.15, 0.2) is 24.7 Å². The van der Waals surface area contributed by atoms with Gasteiger partial charge >= 0.3 is 0 Å². The molecule has 1 heterocycles. The van der Waals surface area contributed by atoms with Crippen molar-refractivity contribution in [2.45, 2.75) is 0 Å². The number of amides is 1. The molecule has 2 rings (SSSR count). The zero-order valence-corrected chi connectivity index (χ0v) is 7.14. The van der Waals surface area contributed by atoms with Crippen molar-refractivity contribution in [2.24, 2.45) is 5.73 Å². The molecule has 70 valence electrons. The maximum absolute atomic E-state index is 11.0. The van der Waals surface area contributed by atoms with Crippen molar-refractivity contribution in [3.05, 3.63) is 30.2 Å². The Labute approximate surface area is 79.2 Å². The van der Waals surface area contributed by atoms with Gasteiger partial charge in [0.2, 0.25) is 0 Å². The molecule has 3 N–H and O–H groups in total. The Morgan fingerprint density at radius 1 is 1.43 bits per heavy atom. The zero-order valence-electron chi connectivity index (χ0n) is 7.14. The van der Waals surface area contributed by atoms with E-state index in [2.05, 4.69) is 9.97 Å². The van der Waals surface area contributed by atoms with Gasteiger partial charge in [0.05, 0.1) is 11.1 Å². The molecule has 1 aromatic heterocycles. The first kappa shape index (κ1) is 8.43. The lowest BCUT2D eigenvalue weighted by atomic mass is 10.1. The molecule has 0 aliphatic carbocycles. The van der Waals surface area contributed by atoms with E-state index in [1.807, 2.05) is 0 Å². The lowest BCUT2D eigenvalue weighted by molar-refractivity contribution is 0.100. The van der Waals surface area contributed by atoms with E-state index in [1.165, 1.54) is 24.7 Å². The van der Waals surface area contributed by atoms with Crippen LogP contribution < -0.4 is 5.73 Å². The molecule has 5 nitrogen and oxygen atoms in total. The summed E-state index contributed by atoms with van der Waals surface area (Å²) in [5, 5.41) is 9.88. The molecule has 0 radical (unpaired) electrons. The highest BCUT2D eigenvalue weighted by molar-refractivity contribution is 6.05. The number of primary amides is 1. The monoisotopic (exact) mass is 189 g/mol. The lowest BCUT2D eigenvalue weighted by Crippen LogP contribution is -2.11. The number of carbonyl (C=O) groups is 1. The van der Waals surface area contributed by atoms with Gasteiger partial charge in [-0.1, -0.05) is 0 Å². The normalized spacial score (nSPS) is 10.3. The van der Waals surface area contributed by atoms with Gasteiger partial charge in [0.25, 0.3) is 5.91 Å². The van der Waals surface area contributed by atoms with Crippen molar-refractivity contribution in [1.29, 1.82) is 0 Å². The van der Waals surface area contributed by atoms with Crippen molar-refractivity contribution in [1.82, 2.24) is 9.97 Å². The van der Waals surface area contributed by atoms with E-state index in [1.54, 1.807) is 0 Å². The van der Waals surface area contributed by atoms with E-state index < -0.39 is 5.91 Å². The highest BCUT2D eigenvalue weighted by Gasteiger charge is 2.09. The Morgan fingerprint density at radius 2 is 2.21 bits per heavy atom. The summed E-state index contributed by atoms with van der Waals surface area (Å²) < 4.78 is 0. The van der Waals surface area contributed by atoms with Crippen LogP contribution in [0.2, 0.25) is 0 Å². The third kappa shape index (κ3) is 1.24. The standard InChI is InChI=1S/C9H7N3O2/c10-9(14)7-2-6(13)1-5-3-11-4-12-8(5)7/h1-4,13H,(H2,10,14). The van der Waals surface area contributed by atoms with Crippen LogP contribution in [0.4, 0.5) is 0 Å². The average Bonchev–Trinajstić information content (AvgIpc) is 2.16. The maximum Gasteiger partial charge on any atom is 0.251 e. The zero-order chi connectivity index (χ0) is 10.1. The molecular weight excluding hydrogens is 182 g/mol. The van der Waals surface area contributed by atoms with Gasteiger partial charge in [0.1, 0.15) is 12.1 Å². The lowest BCUT2D eigenvalue weighted by Gasteiger charge is -2.02. The van der Waals surface area contributed by atoms with Gasteiger partial charge < -0.3 is 10.8 Å². The van der Waals surface area contributed by atoms with Crippen LogP contribution in [0.25, 0.3) is 10.9 Å². The Kier molecular flexibility index (Phi) is 1.78. The predicted octanol–water partition coefficient (Wildman–Crippen LogP) is 0.434. The van der Waals surface area contributed by atoms with E-state index in [9.17, 15) is 9.90 Å². The molecular formula is C9H7N3O2. The first-order valence-electron chi connectivity index (χ1n) is 3.91. The smallest absolute Gasteiger partial charge is 0.251 e. The van der Waals surface area contributed by atoms with Gasteiger partial charge in [-0.05, 0) is 12.1 Å². The van der Waals surface area contributed by atoms with Crippen LogP contribution in [0, 0.1) is 0 Å². The van der Waals surface area contributed by atoms with Crippen molar-refractivity contribution >= 4 is 16.8 Å². The highest BCUT2D eigenvalue weighted by atomic mass is 16.3. The summed E-state index contributed by atoms with van der Waals surface area (Å²) in [7, 11) is 0. The van der Waals surface area contributed by atoms with Gasteiger partial charge in [-0.2, -0.15) is 0 Å². The van der Waals surface area contributed by atoms with E-state index in [-0.39, 0.29) is 11.3 Å². The molecule has 0 saturated heterocycles. The third-order valence-electron chi connectivity index (χ3n) is 1.86. The third-order valence-corrected chi connectivity index (χ3v) is 1.86. The van der Waals surface area contributed by atoms with Crippen LogP contribution in [0.3, 0.4) is 0 Å². The second-order valence-electron chi connectivity index (χ2n) is 2.82. The Morgan fingerprint density at radius 3 is 2.93 bits per heavy atom. The van der Waals surface area contributed by atoms with Crippen LogP contribution >= 0.6 is 0 Å². The summed E-state index contributed by atoms with van der Waals surface area (Å²) in [6.45, 7) is 0. The van der Waals surface area contributed by atoms with E-state index in [0.29, 0.717) is 10.9 Å². The molecule has 1 aromatic carbocycles. The SMILES string of the molecule is NC(=O)c1cc(O)cc2cncnc12. The number of phenolic OH excluding ortho intramolecular Hbond substituents is 1. The molecule has 14 heavy (non-hydrogen) atoms. The molecule has 0 atom stereocenters. The summed E-state index contributed by atoms with van der Waals surface area (Å²) in [5.41, 5.74) is 5.78. The number of nitrogens with zero attached hydrogens (tertiary/aromatic N) is 2. The molecule has 0 aliphatic heterocycles. The molecule has 0 unspecified atom stereocenters. The van der Waals surface area contributed by atoms with Gasteiger partial charge in [0.15, 0.2) is 0 Å². The van der Waals surface area contributed by atoms with Crippen molar-refractivity contribution in [3.63, 3.8) is 0 Å². The van der Waals surface area contributed by atoms with Gasteiger partial charge in [-0.15, -0.1) is 0 Å². The molecule has 0 bridgehead atoms. The van der Waals surface area contributed by atoms with Crippen molar-refractivity contribution in [2.75, 3.05) is 0 Å². The molecule has 0 saturated carbocycles. The number of aromatic hydroxyl groups is 1. The van der Waals surface area contributed by atoms with E-state index in [4.69, 9.17) is 5.73 Å². The van der Waals surface area contributed by atoms with Gasteiger partial charge in [-0.3, -0.25) is 4.79 Å². The maximum atomic E-state index is 11.0. The highest BCUT2D eigenvalue weighted by Crippen LogP contribution is 2.21. The van der Waals surface area contributed by atoms with Crippen LogP contribution in [0.5, 0.6) is 5.75 Å². The summed E-state index contributed by atoms with van der Waals surface area (Å²) in [6.07, 6.45) is 2.83. The van der Waals surface area contributed by atoms with Crippen molar-refractivity contribution < 1.29 is 9.90 Å². The number of carbonyl (C=O) groups excluding carboxylic acids is 1. The number of aromatic nitrogens is 2. The summed E-state index contributed by atoms with van der Waals surface area (Å²) in [5.74, 6) is -0.647. The first-order chi connectivity index (χ1) is 6.68. The fourth-order valence-corrected chi connectivity index (χ4v) is 1.28. The van der Waals surface area contributed by atoms with Crippen LogP contribution in [0.1, 0.15) is 10.4 Å². The Balaban J connectivity index is 2.87. The second kappa shape index (κ2) is 2.95. The predicted molar refractivity (Wildman–Crippen MR) is 49.7 cm³/mol. The molecule has 1 amide bonds. The number of hydrogen-bond acceptors (Lipinski definition) is 4. The minimum atomic E-state index is -0.621. The summed E-state index contributed by atoms with van der Waals surface area (Å²) in [6, 6.07) is 2.76. The molecule has 2 aromatic rings. The summed E-state index contributed by atoms with van der Waals surface area (Å²) in [4.78, 5) is 18.7. The number of hydrogen-bond donors (Lipinski definition) is 2. The van der Waals surface area contributed by atoms with E-state index in [0.717, 1.165) is 0 Å². The first-order valence-corrected chi connectivity index (χ1v) is 3.91. The number of nitrogens with two attached hydrogens (primary N) is 1. The second-order valence-corrected chi connectivity index (χ2v) is 2.82. The fraction of sp³-hybridized carbons (Fsp3) is 0. The quantitative estimate of drug-likeness (QED) is 0.680. The topological polar surface area (TPSA) is 89.1 Å². The number of fused-ring (bicyclic) bond motifs is 1. The largest absolute Gasteiger partial charge is 0.508 e. The molecule has 0 fully saturated rings. The summed E-state index contributed by atoms with van der Waals surface area (Å²) >= 11 is 0. The van der Waals surface area contributed by atoms with Crippen LogP contribution in [-0.4, -0.2) is 21.0 Å². The van der Waals surface area contributed by atoms with Gasteiger partial charge in [-0.25, -0.2) is 9.97 Å². The molecule has 0 aliphatic rings. The minimum absolute atomic E-state index is 0.0268. The Hall–Kier alpha value is -2.17. The fourth-order valence-electron chi connectivity index (χ4n) is 1.28.